The Labute approximate surface area is 173 Å². The van der Waals surface area contributed by atoms with Crippen molar-refractivity contribution in [1.82, 2.24) is 9.97 Å². The molecule has 0 bridgehead atoms. The lowest BCUT2D eigenvalue weighted by Gasteiger charge is -2.15. The van der Waals surface area contributed by atoms with E-state index < -0.39 is 12.1 Å². The lowest BCUT2D eigenvalue weighted by atomic mass is 10.1. The van der Waals surface area contributed by atoms with E-state index in [0.717, 1.165) is 24.2 Å². The third kappa shape index (κ3) is 4.22. The Morgan fingerprint density at radius 1 is 1.33 bits per heavy atom. The molecular weight excluding hydrogens is 475 g/mol. The number of carboxylic acids is 1. The summed E-state index contributed by atoms with van der Waals surface area (Å²) in [7, 11) is 0. The van der Waals surface area contributed by atoms with Crippen LogP contribution in [0.1, 0.15) is 23.3 Å². The summed E-state index contributed by atoms with van der Waals surface area (Å²) in [6.07, 6.45) is 2.98. The molecule has 2 aromatic heterocycles. The zero-order valence-corrected chi connectivity index (χ0v) is 17.2. The predicted molar refractivity (Wildman–Crippen MR) is 112 cm³/mol. The van der Waals surface area contributed by atoms with Gasteiger partial charge in [0.25, 0.3) is 0 Å². The second kappa shape index (κ2) is 7.82. The summed E-state index contributed by atoms with van der Waals surface area (Å²) in [5.74, 6) is 6.27. The first-order valence-corrected chi connectivity index (χ1v) is 10.4. The number of nitrogens with zero attached hydrogens (tertiary/aromatic N) is 2. The Kier molecular flexibility index (Phi) is 5.27. The first-order valence-electron chi connectivity index (χ1n) is 8.49. The summed E-state index contributed by atoms with van der Waals surface area (Å²) in [5, 5.41) is 10.3. The minimum atomic E-state index is -1.03. The number of fused-ring (bicyclic) bond motifs is 1. The molecule has 5 nitrogen and oxygen atoms in total. The van der Waals surface area contributed by atoms with Crippen LogP contribution in [0, 0.1) is 21.3 Å². The van der Waals surface area contributed by atoms with E-state index in [4.69, 9.17) is 4.74 Å². The van der Waals surface area contributed by atoms with Crippen molar-refractivity contribution in [3.8, 4) is 17.7 Å². The molecule has 0 saturated heterocycles. The monoisotopic (exact) mass is 490 g/mol. The second-order valence-electron chi connectivity index (χ2n) is 6.28. The second-order valence-corrected chi connectivity index (χ2v) is 8.36. The van der Waals surface area contributed by atoms with Gasteiger partial charge in [0.2, 0.25) is 12.0 Å². The molecule has 0 radical (unpaired) electrons. The highest BCUT2D eigenvalue weighted by Gasteiger charge is 2.24. The summed E-state index contributed by atoms with van der Waals surface area (Å²) in [4.78, 5) is 21.9. The van der Waals surface area contributed by atoms with Gasteiger partial charge in [-0.05, 0) is 41.0 Å². The molecule has 1 aromatic carbocycles. The molecule has 0 amide bonds. The highest BCUT2D eigenvalue weighted by Crippen LogP contribution is 2.36. The van der Waals surface area contributed by atoms with Crippen LogP contribution in [0.15, 0.2) is 36.7 Å². The van der Waals surface area contributed by atoms with Gasteiger partial charge in [0.05, 0.1) is 13.8 Å². The van der Waals surface area contributed by atoms with E-state index in [9.17, 15) is 9.90 Å². The van der Waals surface area contributed by atoms with Crippen LogP contribution >= 0.6 is 33.9 Å². The van der Waals surface area contributed by atoms with Crippen molar-refractivity contribution < 1.29 is 14.6 Å². The number of aromatic nitrogens is 2. The normalized spacial score (nSPS) is 14.4. The Hall–Kier alpha value is -2.18. The maximum absolute atomic E-state index is 11.7. The van der Waals surface area contributed by atoms with Gasteiger partial charge in [-0.1, -0.05) is 42.2 Å². The van der Waals surface area contributed by atoms with Crippen LogP contribution in [0.4, 0.5) is 0 Å². The van der Waals surface area contributed by atoms with Gasteiger partial charge in [-0.3, -0.25) is 0 Å². The average molecular weight is 490 g/mol. The van der Waals surface area contributed by atoms with Crippen molar-refractivity contribution in [2.75, 3.05) is 0 Å². The molecule has 1 atom stereocenters. The van der Waals surface area contributed by atoms with Crippen molar-refractivity contribution in [2.45, 2.75) is 25.4 Å². The Morgan fingerprint density at radius 3 is 2.81 bits per heavy atom. The van der Waals surface area contributed by atoms with E-state index in [-0.39, 0.29) is 6.42 Å². The number of ether oxygens (including phenoxy) is 1. The van der Waals surface area contributed by atoms with Crippen molar-refractivity contribution >= 4 is 50.1 Å². The molecule has 0 spiro atoms. The van der Waals surface area contributed by atoms with Crippen LogP contribution in [0.3, 0.4) is 0 Å². The van der Waals surface area contributed by atoms with E-state index in [2.05, 4.69) is 44.4 Å². The highest BCUT2D eigenvalue weighted by atomic mass is 127. The van der Waals surface area contributed by atoms with Crippen LogP contribution in [0.2, 0.25) is 0 Å². The van der Waals surface area contributed by atoms with E-state index in [0.29, 0.717) is 11.8 Å². The van der Waals surface area contributed by atoms with Gasteiger partial charge in [-0.2, -0.15) is 0 Å². The Morgan fingerprint density at radius 2 is 2.11 bits per heavy atom. The van der Waals surface area contributed by atoms with E-state index >= 15 is 0 Å². The lowest BCUT2D eigenvalue weighted by molar-refractivity contribution is -0.145. The molecule has 0 unspecified atom stereocenters. The highest BCUT2D eigenvalue weighted by molar-refractivity contribution is 14.1. The summed E-state index contributed by atoms with van der Waals surface area (Å²) >= 11 is 3.70. The summed E-state index contributed by atoms with van der Waals surface area (Å²) < 4.78 is 6.75. The van der Waals surface area contributed by atoms with Gasteiger partial charge in [-0.25, -0.2) is 14.8 Å². The fourth-order valence-corrected chi connectivity index (χ4v) is 4.60. The maximum atomic E-state index is 11.7. The molecule has 1 N–H and O–H groups in total. The number of carbonyl (C=O) groups is 1. The predicted octanol–water partition coefficient (Wildman–Crippen LogP) is 4.13. The molecule has 1 aliphatic rings. The molecule has 7 heteroatoms. The van der Waals surface area contributed by atoms with Gasteiger partial charge in [0.15, 0.2) is 0 Å². The summed E-state index contributed by atoms with van der Waals surface area (Å²) in [5.41, 5.74) is 0.895. The van der Waals surface area contributed by atoms with Gasteiger partial charge in [0.1, 0.15) is 11.2 Å². The lowest BCUT2D eigenvalue weighted by Crippen LogP contribution is -2.29. The molecule has 1 saturated carbocycles. The van der Waals surface area contributed by atoms with Crippen molar-refractivity contribution in [3.63, 3.8) is 0 Å². The number of rotatable bonds is 5. The van der Waals surface area contributed by atoms with E-state index in [1.807, 2.05) is 30.3 Å². The van der Waals surface area contributed by atoms with Gasteiger partial charge < -0.3 is 9.84 Å². The van der Waals surface area contributed by atoms with Crippen molar-refractivity contribution in [3.05, 3.63) is 50.7 Å². The average Bonchev–Trinajstić information content (AvgIpc) is 3.44. The van der Waals surface area contributed by atoms with Crippen LogP contribution in [0.25, 0.3) is 10.2 Å². The Balaban J connectivity index is 1.65. The van der Waals surface area contributed by atoms with Gasteiger partial charge >= 0.3 is 5.97 Å². The molecule has 27 heavy (non-hydrogen) atoms. The molecule has 4 rings (SSSR count). The third-order valence-electron chi connectivity index (χ3n) is 4.16. The molecule has 1 fully saturated rings. The molecule has 1 aliphatic carbocycles. The van der Waals surface area contributed by atoms with Crippen molar-refractivity contribution in [1.29, 1.82) is 0 Å². The third-order valence-corrected chi connectivity index (χ3v) is 6.61. The van der Waals surface area contributed by atoms with Gasteiger partial charge in [0, 0.05) is 12.3 Å². The fraction of sp³-hybridized carbons (Fsp3) is 0.250. The SMILES string of the molecule is O=C(O)[C@@H](Cc1ccccc1)Oc1ncnc2sc(C#CC3CC3)c(I)c12. The van der Waals surface area contributed by atoms with E-state index in [1.54, 1.807) is 0 Å². The number of thiophene rings is 1. The standard InChI is InChI=1S/C20H15IN2O3S/c21-17-15(9-8-12-6-7-12)27-19-16(17)18(22-11-23-19)26-14(20(24)25)10-13-4-2-1-3-5-13/h1-5,11-12,14H,6-7,10H2,(H,24,25)/t14-/m1/s1. The van der Waals surface area contributed by atoms with E-state index in [1.165, 1.54) is 30.5 Å². The summed E-state index contributed by atoms with van der Waals surface area (Å²) in [6.45, 7) is 0. The number of carboxylic acid groups (broad SMARTS) is 1. The van der Waals surface area contributed by atoms with Crippen LogP contribution in [-0.2, 0) is 11.2 Å². The molecule has 0 aliphatic heterocycles. The van der Waals surface area contributed by atoms with Crippen LogP contribution < -0.4 is 4.74 Å². The number of hydrogen-bond acceptors (Lipinski definition) is 5. The van der Waals surface area contributed by atoms with Crippen molar-refractivity contribution in [2.24, 2.45) is 5.92 Å². The largest absolute Gasteiger partial charge is 0.478 e. The first kappa shape index (κ1) is 18.2. The first-order chi connectivity index (χ1) is 13.1. The zero-order chi connectivity index (χ0) is 18.8. The summed E-state index contributed by atoms with van der Waals surface area (Å²) in [6, 6.07) is 9.42. The quantitative estimate of drug-likeness (QED) is 0.430. The molecule has 136 valence electrons. The van der Waals surface area contributed by atoms with Gasteiger partial charge in [-0.15, -0.1) is 11.3 Å². The molecule has 2 heterocycles. The smallest absolute Gasteiger partial charge is 0.345 e. The fourth-order valence-electron chi connectivity index (χ4n) is 2.58. The Bertz CT molecular complexity index is 1050. The molecule has 3 aromatic rings. The topological polar surface area (TPSA) is 72.3 Å². The number of benzene rings is 1. The minimum Gasteiger partial charge on any atom is -0.478 e. The number of hydrogen-bond donors (Lipinski definition) is 1. The van der Waals surface area contributed by atoms with Crippen LogP contribution in [0.5, 0.6) is 5.88 Å². The zero-order valence-electron chi connectivity index (χ0n) is 14.2. The van der Waals surface area contributed by atoms with Crippen LogP contribution in [-0.4, -0.2) is 27.1 Å². The minimum absolute atomic E-state index is 0.261. The number of aliphatic carboxylic acids is 1. The maximum Gasteiger partial charge on any atom is 0.345 e. The number of halogens is 1. The molecular formula is C20H15IN2O3S.